The molecule has 1 saturated heterocycles. The van der Waals surface area contributed by atoms with Crippen LogP contribution in [-0.2, 0) is 18.4 Å². The first kappa shape index (κ1) is 19.1. The second kappa shape index (κ2) is 8.83. The van der Waals surface area contributed by atoms with Gasteiger partial charge in [-0.25, -0.2) is 9.97 Å². The molecule has 7 nitrogen and oxygen atoms in total. The van der Waals surface area contributed by atoms with E-state index in [1.54, 1.807) is 23.1 Å². The zero-order chi connectivity index (χ0) is 18.5. The van der Waals surface area contributed by atoms with Gasteiger partial charge in [0.25, 0.3) is 0 Å². The highest BCUT2D eigenvalue weighted by Gasteiger charge is 2.21. The molecule has 0 spiro atoms. The van der Waals surface area contributed by atoms with E-state index in [-0.39, 0.29) is 5.91 Å². The summed E-state index contributed by atoms with van der Waals surface area (Å²) in [6.45, 7) is 6.05. The molecule has 3 heterocycles. The van der Waals surface area contributed by atoms with Crippen LogP contribution in [0, 0.1) is 6.92 Å². The Labute approximate surface area is 162 Å². The number of carbonyl (C=O) groups is 1. The van der Waals surface area contributed by atoms with Gasteiger partial charge >= 0.3 is 0 Å². The Morgan fingerprint density at radius 2 is 2.00 bits per heavy atom. The third-order valence-electron chi connectivity index (χ3n) is 4.46. The molecular formula is C17H23ClN6OS. The summed E-state index contributed by atoms with van der Waals surface area (Å²) >= 11 is 7.73. The van der Waals surface area contributed by atoms with Crippen molar-refractivity contribution in [2.45, 2.75) is 25.0 Å². The maximum Gasteiger partial charge on any atom is 0.233 e. The molecule has 2 aromatic heterocycles. The van der Waals surface area contributed by atoms with Crippen LogP contribution in [0.4, 0.5) is 0 Å². The van der Waals surface area contributed by atoms with Gasteiger partial charge in [0.2, 0.25) is 5.91 Å². The summed E-state index contributed by atoms with van der Waals surface area (Å²) in [4.78, 5) is 25.1. The lowest BCUT2D eigenvalue weighted by atomic mass is 10.2. The van der Waals surface area contributed by atoms with Crippen molar-refractivity contribution in [1.29, 1.82) is 0 Å². The van der Waals surface area contributed by atoms with Gasteiger partial charge in [-0.15, -0.1) is 0 Å². The second-order valence-electron chi connectivity index (χ2n) is 6.31. The molecule has 0 aromatic carbocycles. The maximum absolute atomic E-state index is 12.5. The summed E-state index contributed by atoms with van der Waals surface area (Å²) in [5.41, 5.74) is 2.04. The number of hydrogen-bond donors (Lipinski definition) is 0. The van der Waals surface area contributed by atoms with Gasteiger partial charge in [-0.2, -0.15) is 5.10 Å². The highest BCUT2D eigenvalue weighted by atomic mass is 35.5. The molecule has 0 aliphatic carbocycles. The largest absolute Gasteiger partial charge is 0.341 e. The SMILES string of the molecule is Cc1nn(C)c(Cl)c1CN1CCCN(C(=O)CSc2ncccn2)CC1. The van der Waals surface area contributed by atoms with Crippen LogP contribution in [0.15, 0.2) is 23.6 Å². The third kappa shape index (κ3) is 4.75. The summed E-state index contributed by atoms with van der Waals surface area (Å²) in [5.74, 6) is 0.511. The quantitative estimate of drug-likeness (QED) is 0.570. The molecule has 3 rings (SSSR count). The fraction of sp³-hybridized carbons (Fsp3) is 0.529. The topological polar surface area (TPSA) is 67.2 Å². The number of hydrogen-bond acceptors (Lipinski definition) is 6. The lowest BCUT2D eigenvalue weighted by Gasteiger charge is -2.22. The van der Waals surface area contributed by atoms with Crippen LogP contribution >= 0.6 is 23.4 Å². The van der Waals surface area contributed by atoms with E-state index in [1.807, 2.05) is 18.9 Å². The van der Waals surface area contributed by atoms with Crippen LogP contribution in [0.1, 0.15) is 17.7 Å². The van der Waals surface area contributed by atoms with E-state index >= 15 is 0 Å². The number of carbonyl (C=O) groups excluding carboxylic acids is 1. The number of amides is 1. The van der Waals surface area contributed by atoms with E-state index in [9.17, 15) is 4.79 Å². The smallest absolute Gasteiger partial charge is 0.233 e. The zero-order valence-electron chi connectivity index (χ0n) is 15.1. The predicted octanol–water partition coefficient (Wildman–Crippen LogP) is 2.00. The standard InChI is InChI=1S/C17H23ClN6OS/c1-13-14(16(18)22(2)21-13)11-23-7-4-8-24(10-9-23)15(25)12-26-17-19-5-3-6-20-17/h3,5-6H,4,7-12H2,1-2H3. The number of thioether (sulfide) groups is 1. The lowest BCUT2D eigenvalue weighted by molar-refractivity contribution is -0.128. The average molecular weight is 395 g/mol. The molecule has 0 saturated carbocycles. The fourth-order valence-electron chi connectivity index (χ4n) is 3.03. The Morgan fingerprint density at radius 3 is 2.69 bits per heavy atom. The molecule has 0 atom stereocenters. The van der Waals surface area contributed by atoms with Gasteiger partial charge in [0, 0.05) is 57.7 Å². The van der Waals surface area contributed by atoms with Crippen molar-refractivity contribution < 1.29 is 4.79 Å². The van der Waals surface area contributed by atoms with Crippen molar-refractivity contribution in [3.8, 4) is 0 Å². The molecule has 140 valence electrons. The molecule has 0 radical (unpaired) electrons. The maximum atomic E-state index is 12.5. The first-order chi connectivity index (χ1) is 12.5. The van der Waals surface area contributed by atoms with Crippen LogP contribution in [0.25, 0.3) is 0 Å². The van der Waals surface area contributed by atoms with Gasteiger partial charge < -0.3 is 4.90 Å². The van der Waals surface area contributed by atoms with Crippen LogP contribution in [-0.4, -0.2) is 67.4 Å². The van der Waals surface area contributed by atoms with E-state index in [2.05, 4.69) is 20.0 Å². The van der Waals surface area contributed by atoms with Crippen LogP contribution in [0.3, 0.4) is 0 Å². The van der Waals surface area contributed by atoms with E-state index in [0.717, 1.165) is 50.4 Å². The van der Waals surface area contributed by atoms with Crippen LogP contribution in [0.2, 0.25) is 5.15 Å². The number of halogens is 1. The Kier molecular flexibility index (Phi) is 6.50. The van der Waals surface area contributed by atoms with Gasteiger partial charge in [-0.3, -0.25) is 14.4 Å². The van der Waals surface area contributed by atoms with E-state index in [0.29, 0.717) is 16.1 Å². The molecule has 2 aromatic rings. The van der Waals surface area contributed by atoms with Crippen molar-refractivity contribution >= 4 is 29.3 Å². The van der Waals surface area contributed by atoms with Crippen LogP contribution < -0.4 is 0 Å². The Bertz CT molecular complexity index is 753. The highest BCUT2D eigenvalue weighted by Crippen LogP contribution is 2.21. The van der Waals surface area contributed by atoms with E-state index in [4.69, 9.17) is 11.6 Å². The zero-order valence-corrected chi connectivity index (χ0v) is 16.6. The molecule has 1 fully saturated rings. The first-order valence-electron chi connectivity index (χ1n) is 8.62. The van der Waals surface area contributed by atoms with Gasteiger partial charge in [-0.05, 0) is 19.4 Å². The third-order valence-corrected chi connectivity index (χ3v) is 5.79. The monoisotopic (exact) mass is 394 g/mol. The summed E-state index contributed by atoms with van der Waals surface area (Å²) in [5, 5.41) is 5.71. The Hall–Kier alpha value is -1.64. The predicted molar refractivity (Wildman–Crippen MR) is 102 cm³/mol. The molecule has 1 aliphatic rings. The second-order valence-corrected chi connectivity index (χ2v) is 7.61. The number of nitrogens with zero attached hydrogens (tertiary/aromatic N) is 6. The van der Waals surface area contributed by atoms with Crippen molar-refractivity contribution in [1.82, 2.24) is 29.5 Å². The van der Waals surface area contributed by atoms with Gasteiger partial charge in [-0.1, -0.05) is 23.4 Å². The molecule has 26 heavy (non-hydrogen) atoms. The number of aromatic nitrogens is 4. The minimum Gasteiger partial charge on any atom is -0.341 e. The van der Waals surface area contributed by atoms with Crippen molar-refractivity contribution in [3.63, 3.8) is 0 Å². The first-order valence-corrected chi connectivity index (χ1v) is 9.99. The van der Waals surface area contributed by atoms with E-state index in [1.165, 1.54) is 11.8 Å². The van der Waals surface area contributed by atoms with E-state index < -0.39 is 0 Å². The molecule has 9 heteroatoms. The summed E-state index contributed by atoms with van der Waals surface area (Å²) in [6.07, 6.45) is 4.33. The van der Waals surface area contributed by atoms with Crippen molar-refractivity contribution in [2.75, 3.05) is 31.9 Å². The molecule has 0 bridgehead atoms. The molecule has 1 aliphatic heterocycles. The summed E-state index contributed by atoms with van der Waals surface area (Å²) in [7, 11) is 1.86. The number of rotatable bonds is 5. The lowest BCUT2D eigenvalue weighted by Crippen LogP contribution is -2.36. The highest BCUT2D eigenvalue weighted by molar-refractivity contribution is 7.99. The summed E-state index contributed by atoms with van der Waals surface area (Å²) in [6, 6.07) is 1.77. The average Bonchev–Trinajstić information content (AvgIpc) is 2.83. The molecule has 0 unspecified atom stereocenters. The van der Waals surface area contributed by atoms with Crippen molar-refractivity contribution in [2.24, 2.45) is 7.05 Å². The Balaban J connectivity index is 1.52. The number of aryl methyl sites for hydroxylation is 2. The minimum absolute atomic E-state index is 0.139. The summed E-state index contributed by atoms with van der Waals surface area (Å²) < 4.78 is 1.71. The normalized spacial score (nSPS) is 15.9. The fourth-order valence-corrected chi connectivity index (χ4v) is 3.97. The van der Waals surface area contributed by atoms with Gasteiger partial charge in [0.05, 0.1) is 11.4 Å². The van der Waals surface area contributed by atoms with Gasteiger partial charge in [0.1, 0.15) is 5.15 Å². The molecular weight excluding hydrogens is 372 g/mol. The Morgan fingerprint density at radius 1 is 1.23 bits per heavy atom. The van der Waals surface area contributed by atoms with Gasteiger partial charge in [0.15, 0.2) is 5.16 Å². The van der Waals surface area contributed by atoms with Crippen molar-refractivity contribution in [3.05, 3.63) is 34.9 Å². The minimum atomic E-state index is 0.139. The molecule has 1 amide bonds. The molecule has 0 N–H and O–H groups in total. The van der Waals surface area contributed by atoms with Crippen LogP contribution in [0.5, 0.6) is 0 Å².